The van der Waals surface area contributed by atoms with Gasteiger partial charge in [0.25, 0.3) is 0 Å². The average molecular weight is 388 g/mol. The van der Waals surface area contributed by atoms with Crippen LogP contribution in [-0.4, -0.2) is 17.3 Å². The van der Waals surface area contributed by atoms with Gasteiger partial charge in [-0.1, -0.05) is 78.4 Å². The molecule has 0 fully saturated rings. The Bertz CT molecular complexity index is 965. The van der Waals surface area contributed by atoms with E-state index in [2.05, 4.69) is 5.32 Å². The van der Waals surface area contributed by atoms with Gasteiger partial charge in [-0.15, -0.1) is 11.8 Å². The van der Waals surface area contributed by atoms with E-state index in [0.29, 0.717) is 16.2 Å². The maximum absolute atomic E-state index is 12.6. The molecule has 0 bridgehead atoms. The SMILES string of the molecule is Cc1ccc(NC(=CC(=O)c2ccccc2)SCC(=O)c2ccccc2)cc1. The van der Waals surface area contributed by atoms with Gasteiger partial charge in [-0.05, 0) is 19.1 Å². The molecule has 3 nitrogen and oxygen atoms in total. The zero-order valence-corrected chi connectivity index (χ0v) is 16.4. The Kier molecular flexibility index (Phi) is 6.82. The molecule has 4 heteroatoms. The molecule has 28 heavy (non-hydrogen) atoms. The van der Waals surface area contributed by atoms with Gasteiger partial charge in [0, 0.05) is 22.9 Å². The minimum absolute atomic E-state index is 0.0226. The molecule has 3 aromatic carbocycles. The van der Waals surface area contributed by atoms with Gasteiger partial charge in [0.2, 0.25) is 0 Å². The minimum Gasteiger partial charge on any atom is -0.350 e. The topological polar surface area (TPSA) is 46.2 Å². The number of benzene rings is 3. The standard InChI is InChI=1S/C24H21NO2S/c1-18-12-14-21(15-13-18)25-24(16-22(26)19-8-4-2-5-9-19)28-17-23(27)20-10-6-3-7-11-20/h2-16,25H,17H2,1H3. The summed E-state index contributed by atoms with van der Waals surface area (Å²) in [6.07, 6.45) is 1.55. The molecule has 0 aromatic heterocycles. The molecule has 0 saturated carbocycles. The van der Waals surface area contributed by atoms with Gasteiger partial charge in [-0.2, -0.15) is 0 Å². The first kappa shape index (κ1) is 19.6. The van der Waals surface area contributed by atoms with E-state index in [1.165, 1.54) is 11.8 Å². The number of ketones is 2. The molecule has 0 aliphatic carbocycles. The molecule has 0 saturated heterocycles. The van der Waals surface area contributed by atoms with Crippen molar-refractivity contribution in [2.75, 3.05) is 11.1 Å². The molecule has 140 valence electrons. The van der Waals surface area contributed by atoms with Crippen LogP contribution in [0.1, 0.15) is 26.3 Å². The van der Waals surface area contributed by atoms with Crippen LogP contribution in [0.3, 0.4) is 0 Å². The second-order valence-corrected chi connectivity index (χ2v) is 7.32. The number of carbonyl (C=O) groups is 2. The van der Waals surface area contributed by atoms with Crippen molar-refractivity contribution in [2.24, 2.45) is 0 Å². The highest BCUT2D eigenvalue weighted by Gasteiger charge is 2.10. The first-order valence-electron chi connectivity index (χ1n) is 8.97. The number of allylic oxidation sites excluding steroid dienone is 1. The predicted molar refractivity (Wildman–Crippen MR) is 117 cm³/mol. The zero-order valence-electron chi connectivity index (χ0n) is 15.6. The predicted octanol–water partition coefficient (Wildman–Crippen LogP) is 5.75. The number of aryl methyl sites for hydroxylation is 1. The summed E-state index contributed by atoms with van der Waals surface area (Å²) in [7, 11) is 0. The lowest BCUT2D eigenvalue weighted by Gasteiger charge is -2.11. The molecule has 0 atom stereocenters. The number of hydrogen-bond donors (Lipinski definition) is 1. The van der Waals surface area contributed by atoms with Gasteiger partial charge < -0.3 is 5.32 Å². The van der Waals surface area contributed by atoms with E-state index in [-0.39, 0.29) is 17.3 Å². The van der Waals surface area contributed by atoms with Crippen molar-refractivity contribution in [3.05, 3.63) is 113 Å². The maximum atomic E-state index is 12.6. The van der Waals surface area contributed by atoms with E-state index < -0.39 is 0 Å². The summed E-state index contributed by atoms with van der Waals surface area (Å²) in [5, 5.41) is 3.91. The molecular formula is C24H21NO2S. The third-order valence-electron chi connectivity index (χ3n) is 4.09. The second kappa shape index (κ2) is 9.72. The van der Waals surface area contributed by atoms with Crippen LogP contribution < -0.4 is 5.32 Å². The van der Waals surface area contributed by atoms with Crippen molar-refractivity contribution in [3.63, 3.8) is 0 Å². The summed E-state index contributed by atoms with van der Waals surface area (Å²) in [4.78, 5) is 25.0. The molecule has 0 spiro atoms. The number of anilines is 1. The Balaban J connectivity index is 1.77. The van der Waals surface area contributed by atoms with Crippen LogP contribution in [0.4, 0.5) is 5.69 Å². The van der Waals surface area contributed by atoms with Crippen LogP contribution in [-0.2, 0) is 0 Å². The fourth-order valence-electron chi connectivity index (χ4n) is 2.55. The molecule has 3 aromatic rings. The van der Waals surface area contributed by atoms with Crippen molar-refractivity contribution in [2.45, 2.75) is 6.92 Å². The van der Waals surface area contributed by atoms with Gasteiger partial charge in [0.15, 0.2) is 11.6 Å². The van der Waals surface area contributed by atoms with Crippen molar-refractivity contribution >= 4 is 29.0 Å². The molecule has 0 aliphatic rings. The van der Waals surface area contributed by atoms with Gasteiger partial charge in [0.05, 0.1) is 10.8 Å². The highest BCUT2D eigenvalue weighted by Crippen LogP contribution is 2.22. The number of thioether (sulfide) groups is 1. The van der Waals surface area contributed by atoms with E-state index >= 15 is 0 Å². The highest BCUT2D eigenvalue weighted by molar-refractivity contribution is 8.03. The molecule has 0 amide bonds. The Hall–Kier alpha value is -3.11. The van der Waals surface area contributed by atoms with E-state index in [4.69, 9.17) is 0 Å². The molecule has 0 aliphatic heterocycles. The number of Topliss-reactive ketones (excluding diaryl/α,β-unsaturated/α-hetero) is 1. The number of hydrogen-bond acceptors (Lipinski definition) is 4. The number of carbonyl (C=O) groups excluding carboxylic acids is 2. The van der Waals surface area contributed by atoms with E-state index in [9.17, 15) is 9.59 Å². The van der Waals surface area contributed by atoms with Gasteiger partial charge in [-0.25, -0.2) is 0 Å². The van der Waals surface area contributed by atoms with E-state index in [1.807, 2.05) is 67.6 Å². The minimum atomic E-state index is -0.102. The van der Waals surface area contributed by atoms with Crippen LogP contribution in [0.5, 0.6) is 0 Å². The first-order chi connectivity index (χ1) is 13.6. The van der Waals surface area contributed by atoms with E-state index in [1.54, 1.807) is 30.3 Å². The van der Waals surface area contributed by atoms with Crippen LogP contribution in [0.15, 0.2) is 96.0 Å². The monoisotopic (exact) mass is 387 g/mol. The van der Waals surface area contributed by atoms with Crippen molar-refractivity contribution in [3.8, 4) is 0 Å². The average Bonchev–Trinajstić information content (AvgIpc) is 2.74. The number of nitrogens with one attached hydrogen (secondary N) is 1. The molecule has 0 radical (unpaired) electrons. The maximum Gasteiger partial charge on any atom is 0.188 e. The van der Waals surface area contributed by atoms with Gasteiger partial charge in [-0.3, -0.25) is 9.59 Å². The summed E-state index contributed by atoms with van der Waals surface area (Å²) >= 11 is 1.33. The Morgan fingerprint density at radius 3 is 2.00 bits per heavy atom. The molecule has 0 unspecified atom stereocenters. The summed E-state index contributed by atoms with van der Waals surface area (Å²) in [5.41, 5.74) is 3.31. The Morgan fingerprint density at radius 2 is 1.39 bits per heavy atom. The Morgan fingerprint density at radius 1 is 0.821 bits per heavy atom. The first-order valence-corrected chi connectivity index (χ1v) is 9.96. The largest absolute Gasteiger partial charge is 0.350 e. The lowest BCUT2D eigenvalue weighted by Crippen LogP contribution is -2.07. The van der Waals surface area contributed by atoms with Crippen LogP contribution in [0.25, 0.3) is 0 Å². The highest BCUT2D eigenvalue weighted by atomic mass is 32.2. The number of rotatable bonds is 8. The summed E-state index contributed by atoms with van der Waals surface area (Å²) in [5.74, 6) is 0.167. The second-order valence-electron chi connectivity index (χ2n) is 6.31. The molecule has 3 rings (SSSR count). The third-order valence-corrected chi connectivity index (χ3v) is 5.03. The van der Waals surface area contributed by atoms with Crippen LogP contribution >= 0.6 is 11.8 Å². The third kappa shape index (κ3) is 5.69. The fourth-order valence-corrected chi connectivity index (χ4v) is 3.38. The zero-order chi connectivity index (χ0) is 19.8. The quantitative estimate of drug-likeness (QED) is 0.395. The van der Waals surface area contributed by atoms with Crippen molar-refractivity contribution < 1.29 is 9.59 Å². The lowest BCUT2D eigenvalue weighted by atomic mass is 10.1. The summed E-state index contributed by atoms with van der Waals surface area (Å²) in [6, 6.07) is 26.2. The smallest absolute Gasteiger partial charge is 0.188 e. The normalized spacial score (nSPS) is 11.1. The molecule has 0 heterocycles. The van der Waals surface area contributed by atoms with Crippen molar-refractivity contribution in [1.29, 1.82) is 0 Å². The molecule has 1 N–H and O–H groups in total. The van der Waals surface area contributed by atoms with E-state index in [0.717, 1.165) is 11.3 Å². The van der Waals surface area contributed by atoms with Gasteiger partial charge in [0.1, 0.15) is 0 Å². The summed E-state index contributed by atoms with van der Waals surface area (Å²) < 4.78 is 0. The van der Waals surface area contributed by atoms with Crippen LogP contribution in [0.2, 0.25) is 0 Å². The lowest BCUT2D eigenvalue weighted by molar-refractivity contribution is 0.101. The van der Waals surface area contributed by atoms with Crippen LogP contribution in [0, 0.1) is 6.92 Å². The molecular weight excluding hydrogens is 366 g/mol. The summed E-state index contributed by atoms with van der Waals surface area (Å²) in [6.45, 7) is 2.02. The van der Waals surface area contributed by atoms with Crippen molar-refractivity contribution in [1.82, 2.24) is 0 Å². The fraction of sp³-hybridized carbons (Fsp3) is 0.0833. The van der Waals surface area contributed by atoms with Gasteiger partial charge >= 0.3 is 0 Å². The Labute approximate surface area is 169 Å².